The number of halogens is 4. The maximum Gasteiger partial charge on any atom is 0.433 e. The smallest absolute Gasteiger partial charge is 0.344 e. The molecule has 5 rings (SSSR count). The van der Waals surface area contributed by atoms with Crippen LogP contribution in [0.1, 0.15) is 34.7 Å². The van der Waals surface area contributed by atoms with Gasteiger partial charge in [0.2, 0.25) is 0 Å². The van der Waals surface area contributed by atoms with E-state index in [4.69, 9.17) is 0 Å². The molecule has 0 aliphatic heterocycles. The molecule has 10 heteroatoms. The number of rotatable bonds is 5. The van der Waals surface area contributed by atoms with E-state index in [1.165, 1.54) is 18.2 Å². The van der Waals surface area contributed by atoms with Gasteiger partial charge < -0.3 is 9.88 Å². The van der Waals surface area contributed by atoms with Crippen LogP contribution in [-0.2, 0) is 6.18 Å². The number of aromatic nitrogens is 4. The summed E-state index contributed by atoms with van der Waals surface area (Å²) in [4.78, 5) is 17.1. The summed E-state index contributed by atoms with van der Waals surface area (Å²) in [7, 11) is 0. The molecular weight excluding hydrogens is 474 g/mol. The molecule has 36 heavy (non-hydrogen) atoms. The van der Waals surface area contributed by atoms with Crippen molar-refractivity contribution in [3.63, 3.8) is 0 Å². The molecule has 1 N–H and O–H groups in total. The van der Waals surface area contributed by atoms with Gasteiger partial charge in [0.15, 0.2) is 17.0 Å². The Hall–Kier alpha value is -4.47. The number of nitrogens with zero attached hydrogens (tertiary/aromatic N) is 4. The molecule has 2 aromatic carbocycles. The van der Waals surface area contributed by atoms with Gasteiger partial charge in [-0.3, -0.25) is 4.79 Å². The van der Waals surface area contributed by atoms with Crippen LogP contribution in [0, 0.1) is 5.82 Å². The average molecular weight is 493 g/mol. The first-order valence-electron chi connectivity index (χ1n) is 11.0. The van der Waals surface area contributed by atoms with E-state index in [2.05, 4.69) is 15.4 Å². The van der Waals surface area contributed by atoms with Crippen molar-refractivity contribution in [1.29, 1.82) is 0 Å². The first-order chi connectivity index (χ1) is 17.2. The number of hydrogen-bond donors (Lipinski definition) is 1. The molecule has 0 saturated carbocycles. The van der Waals surface area contributed by atoms with Crippen LogP contribution in [0.4, 0.5) is 17.6 Å². The van der Waals surface area contributed by atoms with Gasteiger partial charge in [-0.1, -0.05) is 12.1 Å². The largest absolute Gasteiger partial charge is 0.433 e. The van der Waals surface area contributed by atoms with E-state index >= 15 is 0 Å². The molecule has 182 valence electrons. The topological polar surface area (TPSA) is 64.2 Å². The van der Waals surface area contributed by atoms with E-state index < -0.39 is 29.6 Å². The SMILES string of the molecule is CC(NC(=O)c1cc2nc(-c3ccc(F)cc3)cc(C(F)(F)F)n2n1)c1ccc(-n2cccc2)cc1. The minimum Gasteiger partial charge on any atom is -0.344 e. The number of alkyl halides is 3. The molecule has 1 amide bonds. The number of carbonyl (C=O) groups excluding carboxylic acids is 1. The lowest BCUT2D eigenvalue weighted by Gasteiger charge is -2.14. The van der Waals surface area contributed by atoms with Gasteiger partial charge in [-0.2, -0.15) is 18.3 Å². The fraction of sp³-hybridized carbons (Fsp3) is 0.115. The zero-order valence-electron chi connectivity index (χ0n) is 18.9. The lowest BCUT2D eigenvalue weighted by molar-refractivity contribution is -0.142. The summed E-state index contributed by atoms with van der Waals surface area (Å²) in [6.07, 6.45) is -0.937. The quantitative estimate of drug-likeness (QED) is 0.313. The monoisotopic (exact) mass is 493 g/mol. The van der Waals surface area contributed by atoms with Gasteiger partial charge in [-0.15, -0.1) is 0 Å². The zero-order chi connectivity index (χ0) is 25.4. The van der Waals surface area contributed by atoms with Gasteiger partial charge in [0, 0.05) is 29.7 Å². The van der Waals surface area contributed by atoms with Crippen molar-refractivity contribution >= 4 is 11.6 Å². The molecule has 3 heterocycles. The second-order valence-electron chi connectivity index (χ2n) is 8.21. The second-order valence-corrected chi connectivity index (χ2v) is 8.21. The Kier molecular flexibility index (Phi) is 5.79. The maximum absolute atomic E-state index is 13.8. The second kappa shape index (κ2) is 8.95. The van der Waals surface area contributed by atoms with E-state index in [0.717, 1.165) is 29.4 Å². The summed E-state index contributed by atoms with van der Waals surface area (Å²) in [5.41, 5.74) is 0.588. The van der Waals surface area contributed by atoms with Crippen molar-refractivity contribution in [3.05, 3.63) is 108 Å². The summed E-state index contributed by atoms with van der Waals surface area (Å²) in [5.74, 6) is -1.16. The Morgan fingerprint density at radius 2 is 1.64 bits per heavy atom. The highest BCUT2D eigenvalue weighted by atomic mass is 19.4. The van der Waals surface area contributed by atoms with E-state index in [1.807, 2.05) is 53.4 Å². The molecule has 0 aliphatic carbocycles. The van der Waals surface area contributed by atoms with E-state index in [0.29, 0.717) is 10.1 Å². The van der Waals surface area contributed by atoms with Crippen LogP contribution >= 0.6 is 0 Å². The summed E-state index contributed by atoms with van der Waals surface area (Å²) in [5, 5.41) is 6.65. The van der Waals surface area contributed by atoms with Crippen LogP contribution < -0.4 is 5.32 Å². The van der Waals surface area contributed by atoms with Crippen molar-refractivity contribution in [2.45, 2.75) is 19.1 Å². The van der Waals surface area contributed by atoms with E-state index in [1.54, 1.807) is 6.92 Å². The number of nitrogens with one attached hydrogen (secondary N) is 1. The maximum atomic E-state index is 13.8. The van der Waals surface area contributed by atoms with Crippen LogP contribution in [0.5, 0.6) is 0 Å². The Balaban J connectivity index is 1.43. The molecule has 0 spiro atoms. The summed E-state index contributed by atoms with van der Waals surface area (Å²) >= 11 is 0. The number of hydrogen-bond acceptors (Lipinski definition) is 3. The minimum atomic E-state index is -4.76. The normalized spacial score (nSPS) is 12.6. The Morgan fingerprint density at radius 1 is 0.972 bits per heavy atom. The molecule has 1 atom stereocenters. The zero-order valence-corrected chi connectivity index (χ0v) is 18.9. The van der Waals surface area contributed by atoms with Crippen LogP contribution in [0.2, 0.25) is 0 Å². The highest BCUT2D eigenvalue weighted by Crippen LogP contribution is 2.32. The molecule has 1 unspecified atom stereocenters. The Labute approximate surface area is 202 Å². The highest BCUT2D eigenvalue weighted by molar-refractivity contribution is 5.93. The molecule has 3 aromatic heterocycles. The third kappa shape index (κ3) is 4.57. The van der Waals surface area contributed by atoms with E-state index in [9.17, 15) is 22.4 Å². The van der Waals surface area contributed by atoms with Gasteiger partial charge in [0.25, 0.3) is 5.91 Å². The van der Waals surface area contributed by atoms with Gasteiger partial charge >= 0.3 is 6.18 Å². The summed E-state index contributed by atoms with van der Waals surface area (Å²) in [6.45, 7) is 1.77. The molecule has 0 aliphatic rings. The Morgan fingerprint density at radius 3 is 2.28 bits per heavy atom. The van der Waals surface area contributed by atoms with Crippen LogP contribution in [-0.4, -0.2) is 25.1 Å². The molecule has 5 aromatic rings. The first kappa shape index (κ1) is 23.3. The van der Waals surface area contributed by atoms with Crippen LogP contribution in [0.25, 0.3) is 22.6 Å². The number of carbonyl (C=O) groups is 1. The lowest BCUT2D eigenvalue weighted by atomic mass is 10.1. The third-order valence-electron chi connectivity index (χ3n) is 5.73. The lowest BCUT2D eigenvalue weighted by Crippen LogP contribution is -2.27. The molecular formula is C26H19F4N5O. The van der Waals surface area contributed by atoms with Gasteiger partial charge in [-0.05, 0) is 67.1 Å². The average Bonchev–Trinajstić information content (AvgIpc) is 3.54. The van der Waals surface area contributed by atoms with Crippen molar-refractivity contribution in [3.8, 4) is 16.9 Å². The molecule has 0 fully saturated rings. The highest BCUT2D eigenvalue weighted by Gasteiger charge is 2.35. The molecule has 0 bridgehead atoms. The fourth-order valence-corrected chi connectivity index (χ4v) is 3.85. The minimum absolute atomic E-state index is 0.0159. The summed E-state index contributed by atoms with van der Waals surface area (Å²) < 4.78 is 57.2. The van der Waals surface area contributed by atoms with Gasteiger partial charge in [0.05, 0.1) is 11.7 Å². The predicted octanol–water partition coefficient (Wildman–Crippen LogP) is 5.84. The van der Waals surface area contributed by atoms with Gasteiger partial charge in [0.1, 0.15) is 5.82 Å². The molecule has 0 saturated heterocycles. The fourth-order valence-electron chi connectivity index (χ4n) is 3.85. The van der Waals surface area contributed by atoms with Crippen molar-refractivity contribution in [1.82, 2.24) is 24.5 Å². The summed E-state index contributed by atoms with van der Waals surface area (Å²) in [6, 6.07) is 17.9. The van der Waals surface area contributed by atoms with Gasteiger partial charge in [-0.25, -0.2) is 13.9 Å². The Bertz CT molecular complexity index is 1520. The van der Waals surface area contributed by atoms with Crippen molar-refractivity contribution < 1.29 is 22.4 Å². The van der Waals surface area contributed by atoms with Crippen molar-refractivity contribution in [2.75, 3.05) is 0 Å². The van der Waals surface area contributed by atoms with Crippen LogP contribution in [0.15, 0.2) is 85.2 Å². The third-order valence-corrected chi connectivity index (χ3v) is 5.73. The number of fused-ring (bicyclic) bond motifs is 1. The van der Waals surface area contributed by atoms with Crippen LogP contribution in [0.3, 0.4) is 0 Å². The number of benzene rings is 2. The first-order valence-corrected chi connectivity index (χ1v) is 11.0. The van der Waals surface area contributed by atoms with Crippen molar-refractivity contribution in [2.24, 2.45) is 0 Å². The van der Waals surface area contributed by atoms with E-state index in [-0.39, 0.29) is 17.0 Å². The molecule has 6 nitrogen and oxygen atoms in total. The predicted molar refractivity (Wildman–Crippen MR) is 125 cm³/mol. The standard InChI is InChI=1S/C26H19F4N5O/c1-16(17-6-10-20(11-7-17)34-12-2-3-13-34)31-25(36)22-15-24-32-21(18-4-8-19(27)9-5-18)14-23(26(28,29)30)35(24)33-22/h2-16H,1H3,(H,31,36). The molecule has 0 radical (unpaired) electrons. The number of amides is 1.